The third-order valence-electron chi connectivity index (χ3n) is 2.87. The van der Waals surface area contributed by atoms with E-state index in [4.69, 9.17) is 14.2 Å². The normalized spacial score (nSPS) is 24.1. The SMILES string of the molecule is c1cc2c(cc1[C@@H]1CNCCO1)OCCO2. The van der Waals surface area contributed by atoms with Gasteiger partial charge in [-0.15, -0.1) is 0 Å². The van der Waals surface area contributed by atoms with Gasteiger partial charge in [-0.25, -0.2) is 0 Å². The second-order valence-electron chi connectivity index (χ2n) is 3.97. The molecule has 2 aliphatic rings. The Morgan fingerprint density at radius 3 is 2.75 bits per heavy atom. The van der Waals surface area contributed by atoms with Crippen LogP contribution in [0.15, 0.2) is 18.2 Å². The first-order valence-corrected chi connectivity index (χ1v) is 5.65. The molecule has 1 saturated heterocycles. The lowest BCUT2D eigenvalue weighted by Crippen LogP contribution is -2.33. The molecule has 1 aromatic rings. The van der Waals surface area contributed by atoms with E-state index < -0.39 is 0 Å². The Morgan fingerprint density at radius 2 is 1.94 bits per heavy atom. The van der Waals surface area contributed by atoms with E-state index in [0.717, 1.165) is 36.8 Å². The zero-order chi connectivity index (χ0) is 10.8. The lowest BCUT2D eigenvalue weighted by atomic mass is 10.1. The molecule has 0 unspecified atom stereocenters. The average molecular weight is 221 g/mol. The molecule has 16 heavy (non-hydrogen) atoms. The van der Waals surface area contributed by atoms with Gasteiger partial charge < -0.3 is 19.5 Å². The van der Waals surface area contributed by atoms with Crippen molar-refractivity contribution in [3.8, 4) is 11.5 Å². The fourth-order valence-electron chi connectivity index (χ4n) is 2.04. The topological polar surface area (TPSA) is 39.7 Å². The number of benzene rings is 1. The highest BCUT2D eigenvalue weighted by Gasteiger charge is 2.19. The molecule has 0 saturated carbocycles. The maximum absolute atomic E-state index is 5.70. The van der Waals surface area contributed by atoms with Gasteiger partial charge in [0, 0.05) is 13.1 Å². The third-order valence-corrected chi connectivity index (χ3v) is 2.87. The molecule has 1 N–H and O–H groups in total. The van der Waals surface area contributed by atoms with E-state index in [2.05, 4.69) is 5.32 Å². The van der Waals surface area contributed by atoms with E-state index in [1.165, 1.54) is 0 Å². The zero-order valence-corrected chi connectivity index (χ0v) is 9.07. The summed E-state index contributed by atoms with van der Waals surface area (Å²) < 4.78 is 16.7. The zero-order valence-electron chi connectivity index (χ0n) is 9.07. The third kappa shape index (κ3) is 1.86. The molecule has 4 nitrogen and oxygen atoms in total. The lowest BCUT2D eigenvalue weighted by molar-refractivity contribution is 0.0273. The fourth-order valence-corrected chi connectivity index (χ4v) is 2.04. The van der Waals surface area contributed by atoms with Crippen molar-refractivity contribution in [2.24, 2.45) is 0 Å². The van der Waals surface area contributed by atoms with E-state index in [0.29, 0.717) is 13.2 Å². The van der Waals surface area contributed by atoms with Crippen molar-refractivity contribution in [2.45, 2.75) is 6.10 Å². The van der Waals surface area contributed by atoms with Gasteiger partial charge in [-0.2, -0.15) is 0 Å². The van der Waals surface area contributed by atoms with E-state index >= 15 is 0 Å². The highest BCUT2D eigenvalue weighted by atomic mass is 16.6. The average Bonchev–Trinajstić information content (AvgIpc) is 2.39. The summed E-state index contributed by atoms with van der Waals surface area (Å²) in [6, 6.07) is 6.03. The van der Waals surface area contributed by atoms with Crippen LogP contribution in [-0.4, -0.2) is 32.9 Å². The van der Waals surface area contributed by atoms with Crippen LogP contribution in [-0.2, 0) is 4.74 Å². The van der Waals surface area contributed by atoms with Crippen LogP contribution in [0.25, 0.3) is 0 Å². The highest BCUT2D eigenvalue weighted by Crippen LogP contribution is 2.33. The van der Waals surface area contributed by atoms with Crippen molar-refractivity contribution >= 4 is 0 Å². The monoisotopic (exact) mass is 221 g/mol. The molecule has 0 aromatic heterocycles. The van der Waals surface area contributed by atoms with Crippen molar-refractivity contribution in [1.29, 1.82) is 0 Å². The Labute approximate surface area is 94.5 Å². The molecule has 1 atom stereocenters. The Hall–Kier alpha value is -1.26. The van der Waals surface area contributed by atoms with Gasteiger partial charge in [-0.05, 0) is 17.7 Å². The van der Waals surface area contributed by atoms with Gasteiger partial charge in [-0.3, -0.25) is 0 Å². The van der Waals surface area contributed by atoms with Gasteiger partial charge in [0.1, 0.15) is 13.2 Å². The number of morpholine rings is 1. The largest absolute Gasteiger partial charge is 0.486 e. The molecule has 1 aromatic carbocycles. The van der Waals surface area contributed by atoms with Crippen LogP contribution in [0.2, 0.25) is 0 Å². The smallest absolute Gasteiger partial charge is 0.161 e. The van der Waals surface area contributed by atoms with Crippen molar-refractivity contribution in [1.82, 2.24) is 5.32 Å². The maximum Gasteiger partial charge on any atom is 0.161 e. The molecule has 0 amide bonds. The first kappa shape index (κ1) is 9.93. The van der Waals surface area contributed by atoms with Crippen LogP contribution in [0.5, 0.6) is 11.5 Å². The van der Waals surface area contributed by atoms with Crippen molar-refractivity contribution in [3.05, 3.63) is 23.8 Å². The van der Waals surface area contributed by atoms with E-state index in [1.807, 2.05) is 18.2 Å². The molecule has 0 spiro atoms. The standard InChI is InChI=1S/C12H15NO3/c1-2-10-11(16-6-5-15-10)7-9(1)12-8-13-3-4-14-12/h1-2,7,12-13H,3-6,8H2/t12-/m0/s1. The predicted octanol–water partition coefficient (Wildman–Crippen LogP) is 1.12. The van der Waals surface area contributed by atoms with Crippen LogP contribution in [0, 0.1) is 0 Å². The minimum Gasteiger partial charge on any atom is -0.486 e. The van der Waals surface area contributed by atoms with E-state index in [-0.39, 0.29) is 6.10 Å². The molecular weight excluding hydrogens is 206 g/mol. The van der Waals surface area contributed by atoms with Crippen molar-refractivity contribution in [2.75, 3.05) is 32.9 Å². The lowest BCUT2D eigenvalue weighted by Gasteiger charge is -2.25. The number of hydrogen-bond donors (Lipinski definition) is 1. The number of ether oxygens (including phenoxy) is 3. The molecule has 1 fully saturated rings. The molecule has 0 bridgehead atoms. The first-order valence-electron chi connectivity index (χ1n) is 5.65. The van der Waals surface area contributed by atoms with Gasteiger partial charge in [0.15, 0.2) is 11.5 Å². The van der Waals surface area contributed by atoms with Gasteiger partial charge in [-0.1, -0.05) is 6.07 Å². The predicted molar refractivity (Wildman–Crippen MR) is 59.0 cm³/mol. The second kappa shape index (κ2) is 4.31. The second-order valence-corrected chi connectivity index (χ2v) is 3.97. The molecule has 2 aliphatic heterocycles. The highest BCUT2D eigenvalue weighted by molar-refractivity contribution is 5.44. The molecule has 2 heterocycles. The van der Waals surface area contributed by atoms with Gasteiger partial charge in [0.2, 0.25) is 0 Å². The quantitative estimate of drug-likeness (QED) is 0.771. The van der Waals surface area contributed by atoms with Crippen LogP contribution < -0.4 is 14.8 Å². The molecule has 3 rings (SSSR count). The van der Waals surface area contributed by atoms with Gasteiger partial charge >= 0.3 is 0 Å². The summed E-state index contributed by atoms with van der Waals surface area (Å²) in [7, 11) is 0. The maximum atomic E-state index is 5.70. The minimum absolute atomic E-state index is 0.129. The van der Waals surface area contributed by atoms with Crippen LogP contribution in [0.3, 0.4) is 0 Å². The Balaban J connectivity index is 1.84. The number of fused-ring (bicyclic) bond motifs is 1. The summed E-state index contributed by atoms with van der Waals surface area (Å²) in [4.78, 5) is 0. The van der Waals surface area contributed by atoms with E-state index in [9.17, 15) is 0 Å². The summed E-state index contributed by atoms with van der Waals surface area (Å²) in [5, 5.41) is 3.32. The first-order chi connectivity index (χ1) is 7.93. The van der Waals surface area contributed by atoms with Crippen LogP contribution in [0.4, 0.5) is 0 Å². The summed E-state index contributed by atoms with van der Waals surface area (Å²) in [6.07, 6.45) is 0.129. The van der Waals surface area contributed by atoms with Crippen LogP contribution >= 0.6 is 0 Å². The van der Waals surface area contributed by atoms with Gasteiger partial charge in [0.05, 0.1) is 12.7 Å². The number of hydrogen-bond acceptors (Lipinski definition) is 4. The Morgan fingerprint density at radius 1 is 1.06 bits per heavy atom. The van der Waals surface area contributed by atoms with Gasteiger partial charge in [0.25, 0.3) is 0 Å². The molecule has 0 aliphatic carbocycles. The summed E-state index contributed by atoms with van der Waals surface area (Å²) >= 11 is 0. The Kier molecular flexibility index (Phi) is 2.68. The fraction of sp³-hybridized carbons (Fsp3) is 0.500. The van der Waals surface area contributed by atoms with E-state index in [1.54, 1.807) is 0 Å². The summed E-state index contributed by atoms with van der Waals surface area (Å²) in [5.74, 6) is 1.66. The summed E-state index contributed by atoms with van der Waals surface area (Å²) in [5.41, 5.74) is 1.15. The molecule has 86 valence electrons. The minimum atomic E-state index is 0.129. The van der Waals surface area contributed by atoms with Crippen LogP contribution in [0.1, 0.15) is 11.7 Å². The molecular formula is C12H15NO3. The number of rotatable bonds is 1. The summed E-state index contributed by atoms with van der Waals surface area (Å²) in [6.45, 7) is 3.81. The Bertz CT molecular complexity index is 375. The molecule has 0 radical (unpaired) electrons. The van der Waals surface area contributed by atoms with Crippen molar-refractivity contribution in [3.63, 3.8) is 0 Å². The number of nitrogens with one attached hydrogen (secondary N) is 1. The van der Waals surface area contributed by atoms with Crippen molar-refractivity contribution < 1.29 is 14.2 Å². The molecule has 4 heteroatoms.